The number of carbonyl (C=O) groups excluding carboxylic acids is 1. The standard InChI is InChI=1S/C14H19NO6S/c1-9(2)15(8-13(16)17)22(19,20)12-6-5-10(3)7-11(12)14(18)21-4/h5-7,9H,8H2,1-4H3,(H,16,17). The van der Waals surface area contributed by atoms with E-state index in [0.717, 1.165) is 11.4 Å². The molecule has 0 atom stereocenters. The van der Waals surface area contributed by atoms with Crippen LogP contribution in [0.3, 0.4) is 0 Å². The minimum atomic E-state index is -4.15. The number of ether oxygens (including phenoxy) is 1. The van der Waals surface area contributed by atoms with Crippen molar-refractivity contribution in [1.82, 2.24) is 4.31 Å². The van der Waals surface area contributed by atoms with Gasteiger partial charge in [0.15, 0.2) is 0 Å². The maximum atomic E-state index is 12.7. The van der Waals surface area contributed by atoms with E-state index in [9.17, 15) is 18.0 Å². The Kier molecular flexibility index (Phi) is 5.67. The van der Waals surface area contributed by atoms with Crippen molar-refractivity contribution in [2.24, 2.45) is 0 Å². The molecule has 0 heterocycles. The second-order valence-corrected chi connectivity index (χ2v) is 6.89. The second kappa shape index (κ2) is 6.89. The van der Waals surface area contributed by atoms with Gasteiger partial charge < -0.3 is 9.84 Å². The van der Waals surface area contributed by atoms with Crippen molar-refractivity contribution in [2.45, 2.75) is 31.7 Å². The number of carboxylic acid groups (broad SMARTS) is 1. The third-order valence-corrected chi connectivity index (χ3v) is 5.07. The summed E-state index contributed by atoms with van der Waals surface area (Å²) < 4.78 is 30.9. The van der Waals surface area contributed by atoms with Gasteiger partial charge in [0, 0.05) is 6.04 Å². The third-order valence-electron chi connectivity index (χ3n) is 2.99. The number of nitrogens with zero attached hydrogens (tertiary/aromatic N) is 1. The Hall–Kier alpha value is -1.93. The highest BCUT2D eigenvalue weighted by Gasteiger charge is 2.32. The fourth-order valence-corrected chi connectivity index (χ4v) is 3.69. The molecule has 0 fully saturated rings. The van der Waals surface area contributed by atoms with Crippen LogP contribution in [0.4, 0.5) is 0 Å². The van der Waals surface area contributed by atoms with Gasteiger partial charge >= 0.3 is 11.9 Å². The molecule has 1 aromatic rings. The molecule has 0 amide bonds. The number of hydrogen-bond acceptors (Lipinski definition) is 5. The number of hydrogen-bond donors (Lipinski definition) is 1. The predicted octanol–water partition coefficient (Wildman–Crippen LogP) is 1.27. The van der Waals surface area contributed by atoms with Gasteiger partial charge in [-0.25, -0.2) is 13.2 Å². The van der Waals surface area contributed by atoms with Gasteiger partial charge in [0.25, 0.3) is 0 Å². The molecule has 0 aromatic heterocycles. The summed E-state index contributed by atoms with van der Waals surface area (Å²) in [6.07, 6.45) is 0. The fraction of sp³-hybridized carbons (Fsp3) is 0.429. The Morgan fingerprint density at radius 3 is 2.36 bits per heavy atom. The summed E-state index contributed by atoms with van der Waals surface area (Å²) >= 11 is 0. The molecule has 0 aliphatic heterocycles. The second-order valence-electron chi connectivity index (χ2n) is 5.03. The van der Waals surface area contributed by atoms with E-state index in [0.29, 0.717) is 5.56 Å². The van der Waals surface area contributed by atoms with Gasteiger partial charge in [0.05, 0.1) is 17.6 Å². The molecule has 0 radical (unpaired) electrons. The van der Waals surface area contributed by atoms with E-state index in [1.807, 2.05) is 0 Å². The van der Waals surface area contributed by atoms with Gasteiger partial charge in [-0.15, -0.1) is 0 Å². The summed E-state index contributed by atoms with van der Waals surface area (Å²) in [5.41, 5.74) is 0.576. The predicted molar refractivity (Wildman–Crippen MR) is 79.2 cm³/mol. The molecule has 1 N–H and O–H groups in total. The van der Waals surface area contributed by atoms with Crippen molar-refractivity contribution in [1.29, 1.82) is 0 Å². The van der Waals surface area contributed by atoms with Gasteiger partial charge in [-0.05, 0) is 32.9 Å². The molecule has 7 nitrogen and oxygen atoms in total. The van der Waals surface area contributed by atoms with Crippen LogP contribution in [-0.2, 0) is 19.6 Å². The quantitative estimate of drug-likeness (QED) is 0.789. The molecule has 0 aliphatic carbocycles. The van der Waals surface area contributed by atoms with Crippen LogP contribution in [-0.4, -0.2) is 49.5 Å². The maximum absolute atomic E-state index is 12.7. The first-order valence-electron chi connectivity index (χ1n) is 6.53. The first kappa shape index (κ1) is 18.1. The maximum Gasteiger partial charge on any atom is 0.339 e. The largest absolute Gasteiger partial charge is 0.480 e. The van der Waals surface area contributed by atoms with Crippen LogP contribution in [0.5, 0.6) is 0 Å². The molecule has 0 spiro atoms. The lowest BCUT2D eigenvalue weighted by molar-refractivity contribution is -0.137. The van der Waals surface area contributed by atoms with Crippen LogP contribution >= 0.6 is 0 Å². The van der Waals surface area contributed by atoms with Gasteiger partial charge in [0.1, 0.15) is 6.54 Å². The monoisotopic (exact) mass is 329 g/mol. The molecule has 0 saturated heterocycles. The Morgan fingerprint density at radius 1 is 1.32 bits per heavy atom. The topological polar surface area (TPSA) is 101 Å². The average molecular weight is 329 g/mol. The molecule has 0 unspecified atom stereocenters. The van der Waals surface area contributed by atoms with Gasteiger partial charge in [0.2, 0.25) is 10.0 Å². The molecule has 1 aromatic carbocycles. The van der Waals surface area contributed by atoms with Gasteiger partial charge in [-0.1, -0.05) is 11.6 Å². The molecule has 122 valence electrons. The third kappa shape index (κ3) is 3.83. The lowest BCUT2D eigenvalue weighted by atomic mass is 10.1. The van der Waals surface area contributed by atoms with Crippen molar-refractivity contribution >= 4 is 22.0 Å². The van der Waals surface area contributed by atoms with Crippen LogP contribution < -0.4 is 0 Å². The lowest BCUT2D eigenvalue weighted by Crippen LogP contribution is -2.41. The number of benzene rings is 1. The van der Waals surface area contributed by atoms with Crippen LogP contribution in [0.2, 0.25) is 0 Å². The minimum Gasteiger partial charge on any atom is -0.480 e. The molecular weight excluding hydrogens is 310 g/mol. The van der Waals surface area contributed by atoms with Crippen LogP contribution in [0.25, 0.3) is 0 Å². The Morgan fingerprint density at radius 2 is 1.91 bits per heavy atom. The zero-order valence-corrected chi connectivity index (χ0v) is 13.7. The summed E-state index contributed by atoms with van der Waals surface area (Å²) in [7, 11) is -2.99. The first-order chi connectivity index (χ1) is 10.1. The molecule has 0 saturated carbocycles. The van der Waals surface area contributed by atoms with Crippen molar-refractivity contribution in [3.8, 4) is 0 Å². The molecule has 8 heteroatoms. The van der Waals surface area contributed by atoms with E-state index in [4.69, 9.17) is 5.11 Å². The van der Waals surface area contributed by atoms with Crippen LogP contribution in [0.1, 0.15) is 29.8 Å². The number of rotatable bonds is 6. The summed E-state index contributed by atoms with van der Waals surface area (Å²) in [5.74, 6) is -2.06. The summed E-state index contributed by atoms with van der Waals surface area (Å²) in [6.45, 7) is 4.15. The van der Waals surface area contributed by atoms with Crippen molar-refractivity contribution < 1.29 is 27.9 Å². The van der Waals surface area contributed by atoms with E-state index >= 15 is 0 Å². The van der Waals surface area contributed by atoms with E-state index in [-0.39, 0.29) is 10.5 Å². The molecule has 22 heavy (non-hydrogen) atoms. The highest BCUT2D eigenvalue weighted by molar-refractivity contribution is 7.89. The highest BCUT2D eigenvalue weighted by Crippen LogP contribution is 2.24. The van der Waals surface area contributed by atoms with Crippen LogP contribution in [0, 0.1) is 6.92 Å². The Labute approximate surface area is 129 Å². The Bertz CT molecular complexity index is 681. The molecule has 0 bridgehead atoms. The minimum absolute atomic E-state index is 0.112. The highest BCUT2D eigenvalue weighted by atomic mass is 32.2. The number of sulfonamides is 1. The van der Waals surface area contributed by atoms with Crippen molar-refractivity contribution in [2.75, 3.05) is 13.7 Å². The summed E-state index contributed by atoms with van der Waals surface area (Å²) in [6, 6.07) is 3.65. The van der Waals surface area contributed by atoms with Gasteiger partial charge in [-0.3, -0.25) is 4.79 Å². The van der Waals surface area contributed by atoms with E-state index < -0.39 is 34.5 Å². The average Bonchev–Trinajstić information content (AvgIpc) is 2.42. The molecule has 0 aliphatic rings. The van der Waals surface area contributed by atoms with Crippen molar-refractivity contribution in [3.05, 3.63) is 29.3 Å². The van der Waals surface area contributed by atoms with E-state index in [2.05, 4.69) is 4.74 Å². The van der Waals surface area contributed by atoms with Crippen molar-refractivity contribution in [3.63, 3.8) is 0 Å². The van der Waals surface area contributed by atoms with Crippen LogP contribution in [0.15, 0.2) is 23.1 Å². The zero-order valence-electron chi connectivity index (χ0n) is 12.9. The number of aryl methyl sites for hydroxylation is 1. The Balaban J connectivity index is 3.50. The molecule has 1 rings (SSSR count). The first-order valence-corrected chi connectivity index (χ1v) is 7.98. The number of aliphatic carboxylic acids is 1. The normalized spacial score (nSPS) is 11.7. The summed E-state index contributed by atoms with van der Waals surface area (Å²) in [5, 5.41) is 8.91. The SMILES string of the molecule is COC(=O)c1cc(C)ccc1S(=O)(=O)N(CC(=O)O)C(C)C. The smallest absolute Gasteiger partial charge is 0.339 e. The number of carboxylic acids is 1. The lowest BCUT2D eigenvalue weighted by Gasteiger charge is -2.25. The van der Waals surface area contributed by atoms with E-state index in [1.165, 1.54) is 12.1 Å². The number of esters is 1. The fourth-order valence-electron chi connectivity index (χ4n) is 1.94. The summed E-state index contributed by atoms with van der Waals surface area (Å²) in [4.78, 5) is 22.5. The molecular formula is C14H19NO6S. The number of carbonyl (C=O) groups is 2. The number of methoxy groups -OCH3 is 1. The van der Waals surface area contributed by atoms with E-state index in [1.54, 1.807) is 26.8 Å². The van der Waals surface area contributed by atoms with Gasteiger partial charge in [-0.2, -0.15) is 4.31 Å². The zero-order chi connectivity index (χ0) is 17.1.